The van der Waals surface area contributed by atoms with E-state index in [-0.39, 0.29) is 8.99 Å². The second-order valence-corrected chi connectivity index (χ2v) is 6.04. The average Bonchev–Trinajstić information content (AvgIpc) is 2.29. The maximum Gasteiger partial charge on any atom is 0.339 e. The minimum atomic E-state index is -0.923. The molecule has 1 heterocycles. The first-order valence-electron chi connectivity index (χ1n) is 3.78. The van der Waals surface area contributed by atoms with Crippen molar-refractivity contribution in [2.24, 2.45) is 7.05 Å². The lowest BCUT2D eigenvalue weighted by Gasteiger charge is -2.13. The van der Waals surface area contributed by atoms with E-state index in [1.54, 1.807) is 7.05 Å². The van der Waals surface area contributed by atoms with Crippen LogP contribution in [0.1, 0.15) is 29.9 Å². The molecule has 1 N–H and O–H groups in total. The van der Waals surface area contributed by atoms with Crippen LogP contribution in [0.5, 0.6) is 0 Å². The van der Waals surface area contributed by atoms with Crippen molar-refractivity contribution in [1.29, 1.82) is 0 Å². The maximum atomic E-state index is 10.8. The van der Waals surface area contributed by atoms with Crippen LogP contribution in [0.3, 0.4) is 0 Å². The van der Waals surface area contributed by atoms with Gasteiger partial charge in [0.05, 0.1) is 9.12 Å². The van der Waals surface area contributed by atoms with Crippen LogP contribution in [0, 0.1) is 0 Å². The highest BCUT2D eigenvalue weighted by Gasteiger charge is 2.26. The summed E-state index contributed by atoms with van der Waals surface area (Å²) in [6.45, 7) is 3.87. The van der Waals surface area contributed by atoms with Gasteiger partial charge in [0.15, 0.2) is 0 Å². The molecule has 0 unspecified atom stereocenters. The van der Waals surface area contributed by atoms with Gasteiger partial charge < -0.3 is 5.11 Å². The van der Waals surface area contributed by atoms with Crippen LogP contribution >= 0.6 is 22.6 Å². The van der Waals surface area contributed by atoms with E-state index < -0.39 is 5.97 Å². The predicted octanol–water partition coefficient (Wildman–Crippen LogP) is 1.79. The Kier molecular flexibility index (Phi) is 2.65. The van der Waals surface area contributed by atoms with Crippen LogP contribution in [0.15, 0.2) is 6.20 Å². The third kappa shape index (κ3) is 2.20. The van der Waals surface area contributed by atoms with Gasteiger partial charge in [0.25, 0.3) is 0 Å². The van der Waals surface area contributed by atoms with E-state index in [0.717, 1.165) is 0 Å². The summed E-state index contributed by atoms with van der Waals surface area (Å²) in [5, 5.41) is 13.0. The number of carbonyl (C=O) groups is 1. The van der Waals surface area contributed by atoms with Gasteiger partial charge in [-0.25, -0.2) is 4.79 Å². The lowest BCUT2D eigenvalue weighted by atomic mass is 10.1. The molecule has 0 aliphatic rings. The minimum Gasteiger partial charge on any atom is -0.478 e. The fraction of sp³-hybridized carbons (Fsp3) is 0.500. The summed E-state index contributed by atoms with van der Waals surface area (Å²) in [4.78, 5) is 10.8. The number of carboxylic acid groups (broad SMARTS) is 1. The van der Waals surface area contributed by atoms with Crippen molar-refractivity contribution in [3.8, 4) is 0 Å². The number of halogens is 1. The molecule has 1 aromatic heterocycles. The Hall–Kier alpha value is -0.590. The summed E-state index contributed by atoms with van der Waals surface area (Å²) in [5.74, 6) is -0.923. The molecule has 5 heteroatoms. The molecule has 0 fully saturated rings. The van der Waals surface area contributed by atoms with Gasteiger partial charge in [0, 0.05) is 13.2 Å². The number of aryl methyl sites for hydroxylation is 1. The van der Waals surface area contributed by atoms with E-state index in [1.807, 2.05) is 13.8 Å². The Balaban J connectivity index is 3.28. The molecule has 0 radical (unpaired) electrons. The van der Waals surface area contributed by atoms with Crippen molar-refractivity contribution in [2.45, 2.75) is 17.3 Å². The molecular weight excluding hydrogens is 283 g/mol. The molecule has 1 rings (SSSR count). The van der Waals surface area contributed by atoms with Crippen molar-refractivity contribution < 1.29 is 9.90 Å². The van der Waals surface area contributed by atoms with Crippen LogP contribution in [-0.4, -0.2) is 20.9 Å². The molecule has 4 nitrogen and oxygen atoms in total. The first-order chi connectivity index (χ1) is 5.82. The lowest BCUT2D eigenvalue weighted by Crippen LogP contribution is -2.13. The molecule has 1 aromatic rings. The van der Waals surface area contributed by atoms with Crippen molar-refractivity contribution in [3.05, 3.63) is 17.5 Å². The Morgan fingerprint density at radius 2 is 2.23 bits per heavy atom. The zero-order valence-electron chi connectivity index (χ0n) is 7.71. The molecule has 0 atom stereocenters. The van der Waals surface area contributed by atoms with E-state index in [9.17, 15) is 4.79 Å². The Morgan fingerprint density at radius 3 is 2.54 bits per heavy atom. The summed E-state index contributed by atoms with van der Waals surface area (Å²) in [7, 11) is 1.72. The topological polar surface area (TPSA) is 55.1 Å². The number of nitrogens with zero attached hydrogens (tertiary/aromatic N) is 2. The Labute approximate surface area is 90.1 Å². The average molecular weight is 294 g/mol. The number of aromatic carboxylic acids is 1. The number of rotatable bonds is 2. The number of carboxylic acids is 1. The van der Waals surface area contributed by atoms with Crippen molar-refractivity contribution in [3.63, 3.8) is 0 Å². The van der Waals surface area contributed by atoms with Crippen LogP contribution in [0.2, 0.25) is 0 Å². The van der Waals surface area contributed by atoms with Crippen LogP contribution in [-0.2, 0) is 10.5 Å². The van der Waals surface area contributed by atoms with E-state index in [0.29, 0.717) is 5.69 Å². The number of aromatic nitrogens is 2. The smallest absolute Gasteiger partial charge is 0.339 e. The molecule has 0 aliphatic carbocycles. The highest BCUT2D eigenvalue weighted by Crippen LogP contribution is 2.31. The maximum absolute atomic E-state index is 10.8. The van der Waals surface area contributed by atoms with Gasteiger partial charge in [-0.05, 0) is 13.8 Å². The van der Waals surface area contributed by atoms with E-state index in [2.05, 4.69) is 27.7 Å². The molecule has 0 saturated heterocycles. The molecule has 0 aliphatic heterocycles. The van der Waals surface area contributed by atoms with E-state index in [4.69, 9.17) is 5.11 Å². The first kappa shape index (κ1) is 10.5. The van der Waals surface area contributed by atoms with Crippen LogP contribution < -0.4 is 0 Å². The second kappa shape index (κ2) is 3.28. The summed E-state index contributed by atoms with van der Waals surface area (Å²) < 4.78 is 1.27. The highest BCUT2D eigenvalue weighted by molar-refractivity contribution is 14.1. The third-order valence-electron chi connectivity index (χ3n) is 1.62. The number of alkyl halides is 1. The second-order valence-electron chi connectivity index (χ2n) is 3.34. The van der Waals surface area contributed by atoms with Gasteiger partial charge in [-0.3, -0.25) is 4.68 Å². The normalized spacial score (nSPS) is 11.7. The first-order valence-corrected chi connectivity index (χ1v) is 4.86. The zero-order chi connectivity index (χ0) is 10.2. The van der Waals surface area contributed by atoms with Crippen LogP contribution in [0.4, 0.5) is 0 Å². The van der Waals surface area contributed by atoms with Crippen molar-refractivity contribution in [2.75, 3.05) is 0 Å². The van der Waals surface area contributed by atoms with Crippen LogP contribution in [0.25, 0.3) is 0 Å². The van der Waals surface area contributed by atoms with Gasteiger partial charge in [0.1, 0.15) is 5.56 Å². The Morgan fingerprint density at radius 1 is 1.69 bits per heavy atom. The summed E-state index contributed by atoms with van der Waals surface area (Å²) in [6, 6.07) is 0. The van der Waals surface area contributed by atoms with Gasteiger partial charge in [0.2, 0.25) is 0 Å². The number of hydrogen-bond acceptors (Lipinski definition) is 2. The fourth-order valence-corrected chi connectivity index (χ4v) is 1.48. The standard InChI is InChI=1S/C8H11IN2O2/c1-8(2,9)6-5(7(12)13)4-11(3)10-6/h4H,1-3H3,(H,12,13). The summed E-state index contributed by atoms with van der Waals surface area (Å²) in [5.41, 5.74) is 0.894. The predicted molar refractivity (Wildman–Crippen MR) is 57.2 cm³/mol. The zero-order valence-corrected chi connectivity index (χ0v) is 9.86. The monoisotopic (exact) mass is 294 g/mol. The molecule has 13 heavy (non-hydrogen) atoms. The van der Waals surface area contributed by atoms with E-state index in [1.165, 1.54) is 10.9 Å². The quantitative estimate of drug-likeness (QED) is 0.668. The molecular formula is C8H11IN2O2. The van der Waals surface area contributed by atoms with Gasteiger partial charge in [-0.2, -0.15) is 5.10 Å². The van der Waals surface area contributed by atoms with Gasteiger partial charge in [-0.1, -0.05) is 22.6 Å². The van der Waals surface area contributed by atoms with E-state index >= 15 is 0 Å². The minimum absolute atomic E-state index is 0.257. The summed E-state index contributed by atoms with van der Waals surface area (Å²) in [6.07, 6.45) is 1.53. The molecule has 0 saturated carbocycles. The van der Waals surface area contributed by atoms with Gasteiger partial charge in [-0.15, -0.1) is 0 Å². The van der Waals surface area contributed by atoms with Crippen molar-refractivity contribution >= 4 is 28.6 Å². The molecule has 0 aromatic carbocycles. The third-order valence-corrected chi connectivity index (χ3v) is 2.13. The molecule has 0 bridgehead atoms. The molecule has 0 amide bonds. The molecule has 0 spiro atoms. The van der Waals surface area contributed by atoms with Crippen molar-refractivity contribution in [1.82, 2.24) is 9.78 Å². The fourth-order valence-electron chi connectivity index (χ4n) is 1.08. The van der Waals surface area contributed by atoms with Gasteiger partial charge >= 0.3 is 5.97 Å². The Bertz CT molecular complexity index is 338. The molecule has 72 valence electrons. The highest BCUT2D eigenvalue weighted by atomic mass is 127. The summed E-state index contributed by atoms with van der Waals surface area (Å²) >= 11 is 2.18. The number of hydrogen-bond donors (Lipinski definition) is 1. The SMILES string of the molecule is Cn1cc(C(=O)O)c(C(C)(C)I)n1. The largest absolute Gasteiger partial charge is 0.478 e. The lowest BCUT2D eigenvalue weighted by molar-refractivity contribution is 0.0695.